The zero-order valence-electron chi connectivity index (χ0n) is 14.6. The molecule has 0 saturated heterocycles. The summed E-state index contributed by atoms with van der Waals surface area (Å²) in [6, 6.07) is 6.04. The first-order valence-corrected chi connectivity index (χ1v) is 9.41. The third kappa shape index (κ3) is 2.17. The molecule has 1 aromatic carbocycles. The Hall–Kier alpha value is -1.02. The van der Waals surface area contributed by atoms with Crippen LogP contribution in [0, 0.1) is 29.1 Å². The quantitative estimate of drug-likeness (QED) is 0.801. The van der Waals surface area contributed by atoms with Gasteiger partial charge in [0.2, 0.25) is 0 Å². The largest absolute Gasteiger partial charge is 0.508 e. The van der Waals surface area contributed by atoms with Crippen molar-refractivity contribution in [3.05, 3.63) is 29.3 Å². The summed E-state index contributed by atoms with van der Waals surface area (Å²) in [6.45, 7) is 7.05. The van der Waals surface area contributed by atoms with Crippen molar-refractivity contribution in [2.75, 3.05) is 0 Å². The number of fused-ring (bicyclic) bond motifs is 5. The van der Waals surface area contributed by atoms with E-state index < -0.39 is 0 Å². The van der Waals surface area contributed by atoms with Gasteiger partial charge in [0, 0.05) is 0 Å². The molecule has 23 heavy (non-hydrogen) atoms. The Morgan fingerprint density at radius 1 is 1.17 bits per heavy atom. The van der Waals surface area contributed by atoms with E-state index in [4.69, 9.17) is 0 Å². The lowest BCUT2D eigenvalue weighted by Crippen LogP contribution is -2.49. The number of hydrogen-bond donors (Lipinski definition) is 2. The third-order valence-corrected chi connectivity index (χ3v) is 7.56. The maximum absolute atomic E-state index is 10.7. The van der Waals surface area contributed by atoms with E-state index in [0.29, 0.717) is 35.3 Å². The van der Waals surface area contributed by atoms with Gasteiger partial charge in [0.15, 0.2) is 0 Å². The van der Waals surface area contributed by atoms with Gasteiger partial charge in [0.25, 0.3) is 0 Å². The van der Waals surface area contributed by atoms with Crippen molar-refractivity contribution >= 4 is 0 Å². The highest BCUT2D eigenvalue weighted by atomic mass is 16.3. The minimum absolute atomic E-state index is 0.115. The van der Waals surface area contributed by atoms with E-state index in [1.807, 2.05) is 12.1 Å². The first-order chi connectivity index (χ1) is 10.9. The van der Waals surface area contributed by atoms with E-state index in [1.165, 1.54) is 24.0 Å². The van der Waals surface area contributed by atoms with Crippen molar-refractivity contribution in [2.24, 2.45) is 29.1 Å². The van der Waals surface area contributed by atoms with Crippen molar-refractivity contribution in [3.63, 3.8) is 0 Å². The summed E-state index contributed by atoms with van der Waals surface area (Å²) in [6.07, 6.45) is 5.51. The summed E-state index contributed by atoms with van der Waals surface area (Å²) in [5.41, 5.74) is 2.96. The lowest BCUT2D eigenvalue weighted by atomic mass is 9.50. The van der Waals surface area contributed by atoms with Crippen molar-refractivity contribution in [3.8, 4) is 5.75 Å². The van der Waals surface area contributed by atoms with Gasteiger partial charge in [-0.3, -0.25) is 0 Å². The second kappa shape index (κ2) is 5.24. The van der Waals surface area contributed by atoms with Gasteiger partial charge in [0.05, 0.1) is 6.10 Å². The second-order valence-electron chi connectivity index (χ2n) is 8.93. The number of aromatic hydroxyl groups is 1. The predicted octanol–water partition coefficient (Wildman–Crippen LogP) is 4.49. The maximum atomic E-state index is 10.7. The number of benzene rings is 1. The molecular weight excluding hydrogens is 284 g/mol. The minimum Gasteiger partial charge on any atom is -0.508 e. The SMILES string of the molecule is CC(C)C1CC2(C)C(O)CCC2C2CCc3cc(O)ccc3C12. The van der Waals surface area contributed by atoms with E-state index in [-0.39, 0.29) is 11.5 Å². The molecule has 0 heterocycles. The average Bonchev–Trinajstić information content (AvgIpc) is 2.81. The lowest BCUT2D eigenvalue weighted by molar-refractivity contribution is -0.0578. The Balaban J connectivity index is 1.80. The molecule has 3 aliphatic carbocycles. The first kappa shape index (κ1) is 15.5. The summed E-state index contributed by atoms with van der Waals surface area (Å²) >= 11 is 0. The van der Waals surface area contributed by atoms with Gasteiger partial charge >= 0.3 is 0 Å². The number of aliphatic hydroxyl groups excluding tert-OH is 1. The predicted molar refractivity (Wildman–Crippen MR) is 92.4 cm³/mol. The van der Waals surface area contributed by atoms with Crippen LogP contribution in [0.5, 0.6) is 5.75 Å². The van der Waals surface area contributed by atoms with Crippen LogP contribution in [0.15, 0.2) is 18.2 Å². The van der Waals surface area contributed by atoms with Crippen molar-refractivity contribution < 1.29 is 10.2 Å². The van der Waals surface area contributed by atoms with Gasteiger partial charge in [-0.1, -0.05) is 26.8 Å². The number of rotatable bonds is 1. The molecule has 1 aromatic rings. The van der Waals surface area contributed by atoms with Crippen LogP contribution < -0.4 is 0 Å². The topological polar surface area (TPSA) is 40.5 Å². The fourth-order valence-corrected chi connectivity index (χ4v) is 6.39. The van der Waals surface area contributed by atoms with Crippen LogP contribution in [-0.2, 0) is 6.42 Å². The molecular formula is C21H30O2. The summed E-state index contributed by atoms with van der Waals surface area (Å²) in [7, 11) is 0. The van der Waals surface area contributed by atoms with Gasteiger partial charge in [-0.25, -0.2) is 0 Å². The molecule has 6 atom stereocenters. The van der Waals surface area contributed by atoms with Crippen LogP contribution in [0.4, 0.5) is 0 Å². The molecule has 2 fully saturated rings. The van der Waals surface area contributed by atoms with E-state index >= 15 is 0 Å². The number of hydrogen-bond acceptors (Lipinski definition) is 2. The summed E-state index contributed by atoms with van der Waals surface area (Å²) in [5.74, 6) is 3.66. The molecule has 3 aliphatic rings. The Morgan fingerprint density at radius 3 is 2.70 bits per heavy atom. The Kier molecular flexibility index (Phi) is 3.53. The monoisotopic (exact) mass is 314 g/mol. The highest BCUT2D eigenvalue weighted by molar-refractivity contribution is 5.40. The maximum Gasteiger partial charge on any atom is 0.115 e. The second-order valence-corrected chi connectivity index (χ2v) is 8.93. The Bertz CT molecular complexity index is 608. The van der Waals surface area contributed by atoms with E-state index in [1.54, 1.807) is 0 Å². The molecule has 2 N–H and O–H groups in total. The molecule has 0 aromatic heterocycles. The van der Waals surface area contributed by atoms with Crippen molar-refractivity contribution in [1.29, 1.82) is 0 Å². The van der Waals surface area contributed by atoms with Crippen LogP contribution in [0.1, 0.15) is 63.5 Å². The van der Waals surface area contributed by atoms with Crippen LogP contribution >= 0.6 is 0 Å². The molecule has 0 bridgehead atoms. The fourth-order valence-electron chi connectivity index (χ4n) is 6.39. The molecule has 0 spiro atoms. The number of aryl methyl sites for hydroxylation is 1. The molecule has 0 radical (unpaired) electrons. The van der Waals surface area contributed by atoms with Gasteiger partial charge in [-0.2, -0.15) is 0 Å². The lowest BCUT2D eigenvalue weighted by Gasteiger charge is -2.55. The first-order valence-electron chi connectivity index (χ1n) is 9.41. The normalized spacial score (nSPS) is 42.2. The summed E-state index contributed by atoms with van der Waals surface area (Å²) in [5, 5.41) is 20.5. The third-order valence-electron chi connectivity index (χ3n) is 7.56. The highest BCUT2D eigenvalue weighted by Crippen LogP contribution is 2.63. The summed E-state index contributed by atoms with van der Waals surface area (Å²) in [4.78, 5) is 0. The van der Waals surface area contributed by atoms with Crippen LogP contribution in [-0.4, -0.2) is 16.3 Å². The van der Waals surface area contributed by atoms with Crippen molar-refractivity contribution in [2.45, 2.75) is 64.9 Å². The molecule has 2 nitrogen and oxygen atoms in total. The number of aliphatic hydroxyl groups is 1. The number of phenols is 1. The van der Waals surface area contributed by atoms with Gasteiger partial charge in [0.1, 0.15) is 5.75 Å². The minimum atomic E-state index is -0.115. The van der Waals surface area contributed by atoms with E-state index in [0.717, 1.165) is 19.3 Å². The van der Waals surface area contributed by atoms with E-state index in [2.05, 4.69) is 26.8 Å². The molecule has 2 heteroatoms. The van der Waals surface area contributed by atoms with E-state index in [9.17, 15) is 10.2 Å². The standard InChI is InChI=1S/C21H30O2/c1-12(2)17-11-21(3)18(8-9-19(21)23)16-6-4-13-10-14(22)5-7-15(13)20(16)17/h5,7,10,12,16-20,22-23H,4,6,8-9,11H2,1-3H3. The average molecular weight is 314 g/mol. The molecule has 2 saturated carbocycles. The number of phenolic OH excluding ortho intramolecular Hbond substituents is 1. The smallest absolute Gasteiger partial charge is 0.115 e. The van der Waals surface area contributed by atoms with Crippen LogP contribution in [0.25, 0.3) is 0 Å². The zero-order valence-corrected chi connectivity index (χ0v) is 14.6. The van der Waals surface area contributed by atoms with Gasteiger partial charge in [-0.15, -0.1) is 0 Å². The Morgan fingerprint density at radius 2 is 1.96 bits per heavy atom. The molecule has 0 aliphatic heterocycles. The fraction of sp³-hybridized carbons (Fsp3) is 0.714. The molecule has 4 rings (SSSR count). The van der Waals surface area contributed by atoms with Gasteiger partial charge < -0.3 is 10.2 Å². The van der Waals surface area contributed by atoms with Crippen LogP contribution in [0.3, 0.4) is 0 Å². The van der Waals surface area contributed by atoms with Crippen LogP contribution in [0.2, 0.25) is 0 Å². The van der Waals surface area contributed by atoms with Gasteiger partial charge in [-0.05, 0) is 90.4 Å². The molecule has 6 unspecified atom stereocenters. The highest BCUT2D eigenvalue weighted by Gasteiger charge is 2.57. The zero-order chi connectivity index (χ0) is 16.4. The summed E-state index contributed by atoms with van der Waals surface area (Å²) < 4.78 is 0. The molecule has 0 amide bonds. The van der Waals surface area contributed by atoms with Crippen molar-refractivity contribution in [1.82, 2.24) is 0 Å². The Labute approximate surface area is 139 Å². The molecule has 126 valence electrons.